The Kier molecular flexibility index (Phi) is 5.64. The topological polar surface area (TPSA) is 54.3 Å². The zero-order valence-corrected chi connectivity index (χ0v) is 13.3. The SMILES string of the molecule is COc1cc(CNC(C)(C)C)cc(Br)c1OCC#N. The summed E-state index contributed by atoms with van der Waals surface area (Å²) in [5.41, 5.74) is 1.14. The molecule has 0 spiro atoms. The largest absolute Gasteiger partial charge is 0.493 e. The molecule has 1 aromatic carbocycles. The van der Waals surface area contributed by atoms with Gasteiger partial charge in [-0.15, -0.1) is 0 Å². The van der Waals surface area contributed by atoms with Crippen LogP contribution in [0, 0.1) is 11.3 Å². The van der Waals surface area contributed by atoms with Crippen molar-refractivity contribution in [3.63, 3.8) is 0 Å². The molecular weight excluding hydrogens is 308 g/mol. The molecule has 0 aliphatic heterocycles. The van der Waals surface area contributed by atoms with Crippen molar-refractivity contribution in [3.8, 4) is 17.6 Å². The molecule has 1 aromatic rings. The molecule has 4 nitrogen and oxygen atoms in total. The summed E-state index contributed by atoms with van der Waals surface area (Å²) >= 11 is 3.45. The molecule has 0 saturated heterocycles. The van der Waals surface area contributed by atoms with E-state index in [4.69, 9.17) is 14.7 Å². The Balaban J connectivity index is 2.93. The molecule has 5 heteroatoms. The molecule has 104 valence electrons. The molecule has 19 heavy (non-hydrogen) atoms. The van der Waals surface area contributed by atoms with Gasteiger partial charge in [0.2, 0.25) is 0 Å². The first kappa shape index (κ1) is 15.8. The number of nitrogens with one attached hydrogen (secondary N) is 1. The Morgan fingerprint density at radius 2 is 2.05 bits per heavy atom. The van der Waals surface area contributed by atoms with Crippen LogP contribution in [0.1, 0.15) is 26.3 Å². The highest BCUT2D eigenvalue weighted by atomic mass is 79.9. The van der Waals surface area contributed by atoms with Gasteiger partial charge in [0.1, 0.15) is 6.07 Å². The third kappa shape index (κ3) is 5.09. The Hall–Kier alpha value is -1.25. The van der Waals surface area contributed by atoms with Crippen LogP contribution in [0.15, 0.2) is 16.6 Å². The van der Waals surface area contributed by atoms with E-state index in [1.165, 1.54) is 0 Å². The van der Waals surface area contributed by atoms with E-state index in [2.05, 4.69) is 42.0 Å². The molecule has 0 atom stereocenters. The highest BCUT2D eigenvalue weighted by Crippen LogP contribution is 2.36. The van der Waals surface area contributed by atoms with Gasteiger partial charge in [-0.1, -0.05) is 0 Å². The van der Waals surface area contributed by atoms with E-state index in [1.807, 2.05) is 18.2 Å². The quantitative estimate of drug-likeness (QED) is 0.902. The fourth-order valence-corrected chi connectivity index (χ4v) is 2.09. The number of rotatable bonds is 5. The van der Waals surface area contributed by atoms with Crippen LogP contribution < -0.4 is 14.8 Å². The van der Waals surface area contributed by atoms with Gasteiger partial charge in [-0.2, -0.15) is 5.26 Å². The number of hydrogen-bond acceptors (Lipinski definition) is 4. The molecule has 1 N–H and O–H groups in total. The number of methoxy groups -OCH3 is 1. The maximum atomic E-state index is 8.57. The van der Waals surface area contributed by atoms with Crippen molar-refractivity contribution in [2.24, 2.45) is 0 Å². The van der Waals surface area contributed by atoms with Crippen molar-refractivity contribution in [1.82, 2.24) is 5.32 Å². The summed E-state index contributed by atoms with van der Waals surface area (Å²) in [5.74, 6) is 1.18. The van der Waals surface area contributed by atoms with Crippen LogP contribution in [0.4, 0.5) is 0 Å². The van der Waals surface area contributed by atoms with Crippen LogP contribution in [0.2, 0.25) is 0 Å². The summed E-state index contributed by atoms with van der Waals surface area (Å²) in [6.45, 7) is 7.07. The van der Waals surface area contributed by atoms with E-state index >= 15 is 0 Å². The molecule has 0 amide bonds. The lowest BCUT2D eigenvalue weighted by atomic mass is 10.1. The second-order valence-electron chi connectivity index (χ2n) is 5.16. The van der Waals surface area contributed by atoms with Gasteiger partial charge in [-0.25, -0.2) is 0 Å². The summed E-state index contributed by atoms with van der Waals surface area (Å²) in [6.07, 6.45) is 0. The molecule has 0 aliphatic rings. The molecule has 0 aliphatic carbocycles. The molecule has 0 radical (unpaired) electrons. The molecule has 0 bridgehead atoms. The number of hydrogen-bond donors (Lipinski definition) is 1. The summed E-state index contributed by atoms with van der Waals surface area (Å²) < 4.78 is 11.4. The minimum Gasteiger partial charge on any atom is -0.493 e. The maximum Gasteiger partial charge on any atom is 0.176 e. The number of nitrogens with zero attached hydrogens (tertiary/aromatic N) is 1. The smallest absolute Gasteiger partial charge is 0.176 e. The van der Waals surface area contributed by atoms with E-state index < -0.39 is 0 Å². The van der Waals surface area contributed by atoms with Crippen LogP contribution in [0.3, 0.4) is 0 Å². The lowest BCUT2D eigenvalue weighted by Crippen LogP contribution is -2.35. The summed E-state index contributed by atoms with van der Waals surface area (Å²) in [6, 6.07) is 5.82. The summed E-state index contributed by atoms with van der Waals surface area (Å²) in [4.78, 5) is 0. The van der Waals surface area contributed by atoms with Crippen LogP contribution in [0.25, 0.3) is 0 Å². The van der Waals surface area contributed by atoms with Crippen molar-refractivity contribution in [2.75, 3.05) is 13.7 Å². The van der Waals surface area contributed by atoms with E-state index in [0.717, 1.165) is 16.6 Å². The lowest BCUT2D eigenvalue weighted by molar-refractivity contribution is 0.327. The first-order valence-corrected chi connectivity index (χ1v) is 6.78. The number of ether oxygens (including phenoxy) is 2. The third-order valence-corrected chi connectivity index (χ3v) is 2.98. The number of benzene rings is 1. The molecule has 0 aromatic heterocycles. The molecule has 0 unspecified atom stereocenters. The van der Waals surface area contributed by atoms with Crippen LogP contribution in [0.5, 0.6) is 11.5 Å². The zero-order valence-electron chi connectivity index (χ0n) is 11.7. The van der Waals surface area contributed by atoms with Gasteiger partial charge in [0.05, 0.1) is 11.6 Å². The maximum absolute atomic E-state index is 8.57. The zero-order chi connectivity index (χ0) is 14.5. The molecule has 0 fully saturated rings. The number of halogens is 1. The van der Waals surface area contributed by atoms with Crippen molar-refractivity contribution < 1.29 is 9.47 Å². The Labute approximate surface area is 122 Å². The normalized spacial score (nSPS) is 10.9. The van der Waals surface area contributed by atoms with Gasteiger partial charge in [-0.3, -0.25) is 0 Å². The Morgan fingerprint density at radius 1 is 1.37 bits per heavy atom. The highest BCUT2D eigenvalue weighted by Gasteiger charge is 2.13. The average molecular weight is 327 g/mol. The van der Waals surface area contributed by atoms with Gasteiger partial charge < -0.3 is 14.8 Å². The van der Waals surface area contributed by atoms with Crippen molar-refractivity contribution >= 4 is 15.9 Å². The molecular formula is C14H19BrN2O2. The third-order valence-electron chi connectivity index (χ3n) is 2.39. The van der Waals surface area contributed by atoms with Gasteiger partial charge in [0.15, 0.2) is 18.1 Å². The van der Waals surface area contributed by atoms with Crippen molar-refractivity contribution in [3.05, 3.63) is 22.2 Å². The number of nitriles is 1. The minimum absolute atomic E-state index is 0.00541. The van der Waals surface area contributed by atoms with E-state index in [9.17, 15) is 0 Å². The fraction of sp³-hybridized carbons (Fsp3) is 0.500. The van der Waals surface area contributed by atoms with Crippen molar-refractivity contribution in [1.29, 1.82) is 5.26 Å². The van der Waals surface area contributed by atoms with E-state index in [0.29, 0.717) is 11.5 Å². The monoisotopic (exact) mass is 326 g/mol. The molecule has 0 saturated carbocycles. The predicted molar refractivity (Wildman–Crippen MR) is 78.4 cm³/mol. The van der Waals surface area contributed by atoms with Crippen LogP contribution >= 0.6 is 15.9 Å². The summed E-state index contributed by atoms with van der Waals surface area (Å²) in [5, 5.41) is 12.0. The van der Waals surface area contributed by atoms with Crippen LogP contribution in [-0.4, -0.2) is 19.3 Å². The van der Waals surface area contributed by atoms with Gasteiger partial charge in [-0.05, 0) is 54.4 Å². The highest BCUT2D eigenvalue weighted by molar-refractivity contribution is 9.10. The molecule has 1 rings (SSSR count). The molecule has 0 heterocycles. The second-order valence-corrected chi connectivity index (χ2v) is 6.01. The van der Waals surface area contributed by atoms with E-state index in [-0.39, 0.29) is 12.1 Å². The first-order chi connectivity index (χ1) is 8.87. The Bertz CT molecular complexity index is 476. The fourth-order valence-electron chi connectivity index (χ4n) is 1.49. The van der Waals surface area contributed by atoms with Gasteiger partial charge >= 0.3 is 0 Å². The van der Waals surface area contributed by atoms with Crippen LogP contribution in [-0.2, 0) is 6.54 Å². The average Bonchev–Trinajstić information content (AvgIpc) is 2.33. The Morgan fingerprint density at radius 3 is 2.58 bits per heavy atom. The second kappa shape index (κ2) is 6.78. The van der Waals surface area contributed by atoms with Gasteiger partial charge in [0, 0.05) is 12.1 Å². The van der Waals surface area contributed by atoms with Crippen molar-refractivity contribution in [2.45, 2.75) is 32.9 Å². The standard InChI is InChI=1S/C14H19BrN2O2/c1-14(2,3)17-9-10-7-11(15)13(19-6-5-16)12(8-10)18-4/h7-8,17H,6,9H2,1-4H3. The summed E-state index contributed by atoms with van der Waals surface area (Å²) in [7, 11) is 1.59. The minimum atomic E-state index is -0.00541. The first-order valence-electron chi connectivity index (χ1n) is 5.98. The predicted octanol–water partition coefficient (Wildman–Crippen LogP) is 3.25. The lowest BCUT2D eigenvalue weighted by Gasteiger charge is -2.21. The van der Waals surface area contributed by atoms with E-state index in [1.54, 1.807) is 7.11 Å². The van der Waals surface area contributed by atoms with Gasteiger partial charge in [0.25, 0.3) is 0 Å².